The number of aromatic nitrogens is 1. The predicted molar refractivity (Wildman–Crippen MR) is 119 cm³/mol. The van der Waals surface area contributed by atoms with Gasteiger partial charge in [-0.1, -0.05) is 41.9 Å². The highest BCUT2D eigenvalue weighted by Gasteiger charge is 2.44. The monoisotopic (exact) mass is 470 g/mol. The first kappa shape index (κ1) is 22.5. The summed E-state index contributed by atoms with van der Waals surface area (Å²) >= 11 is 0. The molecule has 0 saturated heterocycles. The number of hydrogen-bond acceptors (Lipinski definition) is 4. The summed E-state index contributed by atoms with van der Waals surface area (Å²) < 4.78 is 44.7. The summed E-state index contributed by atoms with van der Waals surface area (Å²) in [5.74, 6) is -0.805. The molecule has 5 nitrogen and oxygen atoms in total. The van der Waals surface area contributed by atoms with E-state index in [9.17, 15) is 23.1 Å². The quantitative estimate of drug-likeness (QED) is 0.469. The zero-order valence-corrected chi connectivity index (χ0v) is 18.4. The molecule has 1 aromatic heterocycles. The summed E-state index contributed by atoms with van der Waals surface area (Å²) in [5.41, 5.74) is 0.317. The van der Waals surface area contributed by atoms with Gasteiger partial charge in [0, 0.05) is 17.9 Å². The molecule has 2 atom stereocenters. The van der Waals surface area contributed by atoms with E-state index in [0.29, 0.717) is 12.1 Å². The van der Waals surface area contributed by atoms with E-state index >= 15 is 0 Å². The first-order valence-corrected chi connectivity index (χ1v) is 11.5. The van der Waals surface area contributed by atoms with Gasteiger partial charge < -0.3 is 14.9 Å². The molecular formula is C26H25F3N2O3. The topological polar surface area (TPSA) is 75.4 Å². The predicted octanol–water partition coefficient (Wildman–Crippen LogP) is 6.15. The second-order valence-electron chi connectivity index (χ2n) is 9.28. The normalized spacial score (nSPS) is 21.7. The van der Waals surface area contributed by atoms with Crippen LogP contribution in [0.1, 0.15) is 61.3 Å². The molecule has 3 aromatic rings. The van der Waals surface area contributed by atoms with Gasteiger partial charge in [0.1, 0.15) is 5.75 Å². The number of rotatable bonds is 5. The average molecular weight is 470 g/mol. The Morgan fingerprint density at radius 1 is 1.06 bits per heavy atom. The van der Waals surface area contributed by atoms with Gasteiger partial charge in [0.15, 0.2) is 5.76 Å². The molecule has 0 bridgehead atoms. The molecular weight excluding hydrogens is 445 g/mol. The maximum Gasteiger partial charge on any atom is 0.416 e. The van der Waals surface area contributed by atoms with Crippen molar-refractivity contribution in [2.45, 2.75) is 56.2 Å². The van der Waals surface area contributed by atoms with Gasteiger partial charge in [0.25, 0.3) is 0 Å². The van der Waals surface area contributed by atoms with Gasteiger partial charge in [0.05, 0.1) is 22.4 Å². The van der Waals surface area contributed by atoms with E-state index in [2.05, 4.69) is 10.5 Å². The molecule has 2 aliphatic rings. The van der Waals surface area contributed by atoms with Crippen LogP contribution in [0.25, 0.3) is 11.3 Å². The van der Waals surface area contributed by atoms with Crippen molar-refractivity contribution in [1.82, 2.24) is 10.5 Å². The van der Waals surface area contributed by atoms with Crippen molar-refractivity contribution in [3.05, 3.63) is 71.4 Å². The number of amides is 1. The number of carbonyl (C=O) groups is 1. The summed E-state index contributed by atoms with van der Waals surface area (Å²) in [6.45, 7) is 0. The molecule has 178 valence electrons. The third-order valence-corrected chi connectivity index (χ3v) is 7.25. The van der Waals surface area contributed by atoms with Gasteiger partial charge in [-0.05, 0) is 55.9 Å². The van der Waals surface area contributed by atoms with Crippen LogP contribution in [0, 0.1) is 5.92 Å². The molecule has 2 N–H and O–H groups in total. The first-order chi connectivity index (χ1) is 16.3. The summed E-state index contributed by atoms with van der Waals surface area (Å²) in [4.78, 5) is 13.4. The molecule has 0 radical (unpaired) electrons. The van der Waals surface area contributed by atoms with Crippen molar-refractivity contribution in [1.29, 1.82) is 0 Å². The van der Waals surface area contributed by atoms with Crippen molar-refractivity contribution in [3.8, 4) is 17.1 Å². The molecule has 2 saturated carbocycles. The van der Waals surface area contributed by atoms with Crippen LogP contribution in [0.5, 0.6) is 5.75 Å². The number of aromatic hydroxyl groups is 1. The van der Waals surface area contributed by atoms with E-state index in [1.807, 2.05) is 30.3 Å². The minimum atomic E-state index is -4.55. The van der Waals surface area contributed by atoms with Crippen LogP contribution >= 0.6 is 0 Å². The Morgan fingerprint density at radius 3 is 2.50 bits per heavy atom. The largest absolute Gasteiger partial charge is 0.507 e. The number of carbonyl (C=O) groups excluding carboxylic acids is 1. The van der Waals surface area contributed by atoms with E-state index in [1.165, 1.54) is 0 Å². The van der Waals surface area contributed by atoms with E-state index < -0.39 is 11.7 Å². The van der Waals surface area contributed by atoms with Gasteiger partial charge in [0.2, 0.25) is 5.91 Å². The zero-order chi connectivity index (χ0) is 23.9. The van der Waals surface area contributed by atoms with E-state index in [-0.39, 0.29) is 40.4 Å². The standard InChI is InChI=1S/C26H25F3N2O3/c27-26(28,29)17-10-11-22(32)20(14-17)23-15-21(31-34-23)18-8-4-9-19(18)24(33)30-25(12-5-13-25)16-6-2-1-3-7-16/h1-3,6-7,10-11,14-15,18-19,32H,4-5,8-9,12-13H2,(H,30,33)/t18-,19-/m1/s1. The summed E-state index contributed by atoms with van der Waals surface area (Å²) in [7, 11) is 0. The Morgan fingerprint density at radius 2 is 1.82 bits per heavy atom. The molecule has 8 heteroatoms. The lowest BCUT2D eigenvalue weighted by Crippen LogP contribution is -2.52. The Bertz CT molecular complexity index is 1190. The van der Waals surface area contributed by atoms with Crippen LogP contribution in [0.2, 0.25) is 0 Å². The van der Waals surface area contributed by atoms with Crippen LogP contribution < -0.4 is 5.32 Å². The van der Waals surface area contributed by atoms with Gasteiger partial charge in [-0.25, -0.2) is 0 Å². The van der Waals surface area contributed by atoms with Gasteiger partial charge in [-0.15, -0.1) is 0 Å². The molecule has 2 aliphatic carbocycles. The Balaban J connectivity index is 1.37. The maximum absolute atomic E-state index is 13.4. The van der Waals surface area contributed by atoms with Crippen LogP contribution in [-0.4, -0.2) is 16.2 Å². The summed E-state index contributed by atoms with van der Waals surface area (Å²) in [6.07, 6.45) is 0.576. The van der Waals surface area contributed by atoms with E-state index in [1.54, 1.807) is 6.07 Å². The van der Waals surface area contributed by atoms with Gasteiger partial charge in [-0.2, -0.15) is 13.2 Å². The van der Waals surface area contributed by atoms with E-state index in [4.69, 9.17) is 4.52 Å². The SMILES string of the molecule is O=C(NC1(c2ccccc2)CCC1)[C@@H]1CCC[C@H]1c1cc(-c2cc(C(F)(F)F)ccc2O)on1. The van der Waals surface area contributed by atoms with Crippen LogP contribution in [0.3, 0.4) is 0 Å². The summed E-state index contributed by atoms with van der Waals surface area (Å²) in [5, 5.41) is 17.5. The Labute approximate surface area is 195 Å². The van der Waals surface area contributed by atoms with Crippen molar-refractivity contribution < 1.29 is 27.6 Å². The molecule has 0 spiro atoms. The van der Waals surface area contributed by atoms with Crippen LogP contribution in [0.4, 0.5) is 13.2 Å². The molecule has 34 heavy (non-hydrogen) atoms. The fraction of sp³-hybridized carbons (Fsp3) is 0.385. The number of hydrogen-bond donors (Lipinski definition) is 2. The van der Waals surface area contributed by atoms with Crippen molar-refractivity contribution >= 4 is 5.91 Å². The van der Waals surface area contributed by atoms with Crippen molar-refractivity contribution in [3.63, 3.8) is 0 Å². The molecule has 1 amide bonds. The second-order valence-corrected chi connectivity index (χ2v) is 9.28. The molecule has 0 aliphatic heterocycles. The zero-order valence-electron chi connectivity index (χ0n) is 18.4. The molecule has 5 rings (SSSR count). The highest BCUT2D eigenvalue weighted by Crippen LogP contribution is 2.45. The van der Waals surface area contributed by atoms with Crippen molar-refractivity contribution in [2.24, 2.45) is 5.92 Å². The van der Waals surface area contributed by atoms with Gasteiger partial charge >= 0.3 is 6.18 Å². The highest BCUT2D eigenvalue weighted by atomic mass is 19.4. The lowest BCUT2D eigenvalue weighted by molar-refractivity contribution is -0.137. The van der Waals surface area contributed by atoms with Gasteiger partial charge in [-0.3, -0.25) is 4.79 Å². The number of phenols is 1. The fourth-order valence-electron chi connectivity index (χ4n) is 5.23. The average Bonchev–Trinajstić information content (AvgIpc) is 3.46. The second kappa shape index (κ2) is 8.49. The molecule has 0 unspecified atom stereocenters. The number of halogens is 3. The highest BCUT2D eigenvalue weighted by molar-refractivity contribution is 5.81. The minimum absolute atomic E-state index is 0.0301. The molecule has 2 aromatic carbocycles. The fourth-order valence-corrected chi connectivity index (χ4v) is 5.23. The Kier molecular flexibility index (Phi) is 5.62. The minimum Gasteiger partial charge on any atom is -0.507 e. The number of phenolic OH excluding ortho intramolecular Hbond substituents is 1. The van der Waals surface area contributed by atoms with Crippen LogP contribution in [-0.2, 0) is 16.5 Å². The van der Waals surface area contributed by atoms with Crippen LogP contribution in [0.15, 0.2) is 59.1 Å². The molecule has 1 heterocycles. The number of nitrogens with one attached hydrogen (secondary N) is 1. The lowest BCUT2D eigenvalue weighted by atomic mass is 9.71. The number of alkyl halides is 3. The third kappa shape index (κ3) is 4.06. The first-order valence-electron chi connectivity index (χ1n) is 11.5. The lowest BCUT2D eigenvalue weighted by Gasteiger charge is -2.44. The van der Waals surface area contributed by atoms with Crippen molar-refractivity contribution in [2.75, 3.05) is 0 Å². The molecule has 2 fully saturated rings. The maximum atomic E-state index is 13.4. The van der Waals surface area contributed by atoms with E-state index in [0.717, 1.165) is 55.9 Å². The number of benzene rings is 2. The smallest absolute Gasteiger partial charge is 0.416 e. The third-order valence-electron chi connectivity index (χ3n) is 7.25. The number of nitrogens with zero attached hydrogens (tertiary/aromatic N) is 1. The summed E-state index contributed by atoms with van der Waals surface area (Å²) in [6, 6.07) is 14.2. The Hall–Kier alpha value is -3.29.